The van der Waals surface area contributed by atoms with Crippen molar-refractivity contribution in [3.63, 3.8) is 0 Å². The summed E-state index contributed by atoms with van der Waals surface area (Å²) in [5.41, 5.74) is 7.32. The molecule has 0 saturated heterocycles. The van der Waals surface area contributed by atoms with E-state index in [1.165, 1.54) is 55.1 Å². The highest BCUT2D eigenvalue weighted by molar-refractivity contribution is 6.31. The number of hydrogen-bond donors (Lipinski definition) is 5. The normalized spacial score (nSPS) is 10.5. The Morgan fingerprint density at radius 2 is 1.20 bits per heavy atom. The predicted molar refractivity (Wildman–Crippen MR) is 170 cm³/mol. The van der Waals surface area contributed by atoms with Crippen LogP contribution in [0, 0.1) is 21.7 Å². The average Bonchev–Trinajstić information content (AvgIpc) is 2.98. The summed E-state index contributed by atoms with van der Waals surface area (Å²) < 4.78 is 26.3. The molecule has 0 atom stereocenters. The van der Waals surface area contributed by atoms with E-state index >= 15 is 0 Å². The zero-order valence-corrected chi connectivity index (χ0v) is 23.5. The summed E-state index contributed by atoms with van der Waals surface area (Å²) in [7, 11) is 0. The van der Waals surface area contributed by atoms with Crippen LogP contribution in [0.2, 0.25) is 10.0 Å². The number of benzene rings is 4. The van der Waals surface area contributed by atoms with Crippen LogP contribution in [0.25, 0.3) is 21.8 Å². The summed E-state index contributed by atoms with van der Waals surface area (Å²) in [5, 5.41) is 37.0. The van der Waals surface area contributed by atoms with Crippen LogP contribution in [-0.4, -0.2) is 35.1 Å². The number of aromatic nitrogens is 4. The molecule has 12 nitrogen and oxygen atoms in total. The smallest absolute Gasteiger partial charge is 0.311 e. The maximum absolute atomic E-state index is 13.2. The average molecular weight is 655 g/mol. The highest BCUT2D eigenvalue weighted by atomic mass is 35.5. The van der Waals surface area contributed by atoms with Crippen LogP contribution in [0.15, 0.2) is 73.3 Å². The van der Waals surface area contributed by atoms with Crippen molar-refractivity contribution in [2.45, 2.75) is 7.43 Å². The highest BCUT2D eigenvalue weighted by Gasteiger charge is 2.17. The second-order valence-electron chi connectivity index (χ2n) is 9.00. The molecule has 0 amide bonds. The van der Waals surface area contributed by atoms with Gasteiger partial charge in [0.15, 0.2) is 5.75 Å². The number of nitrogens with two attached hydrogens (primary N) is 1. The van der Waals surface area contributed by atoms with E-state index in [0.29, 0.717) is 39.0 Å². The molecule has 2 heterocycles. The number of nitro benzene ring substituents is 1. The monoisotopic (exact) mass is 654 g/mol. The summed E-state index contributed by atoms with van der Waals surface area (Å²) in [6.45, 7) is 0. The SMILES string of the molecule is C.Nc1cc2c(Nc3ccc(F)c(Cl)c3)ncnc2cc1O.O=[N+]([O-])c1cc2c(Nc3ccc(F)c(Cl)c3)ncnc2cc1O. The first-order valence-corrected chi connectivity index (χ1v) is 13.0. The Hall–Kier alpha value is -5.60. The van der Waals surface area contributed by atoms with Crippen molar-refractivity contribution >= 4 is 79.4 Å². The number of nitrogen functional groups attached to an aromatic ring is 1. The van der Waals surface area contributed by atoms with E-state index in [1.807, 2.05) is 0 Å². The molecule has 0 aliphatic carbocycles. The van der Waals surface area contributed by atoms with Gasteiger partial charge in [0, 0.05) is 35.0 Å². The molecule has 0 bridgehead atoms. The molecular formula is C29H22Cl2F2N8O4. The fraction of sp³-hybridized carbons (Fsp3) is 0.0345. The maximum atomic E-state index is 13.2. The number of nitro groups is 1. The van der Waals surface area contributed by atoms with Crippen molar-refractivity contribution in [3.8, 4) is 11.5 Å². The van der Waals surface area contributed by atoms with Gasteiger partial charge in [0.2, 0.25) is 0 Å². The second-order valence-corrected chi connectivity index (χ2v) is 9.81. The number of hydrogen-bond acceptors (Lipinski definition) is 11. The highest BCUT2D eigenvalue weighted by Crippen LogP contribution is 2.34. The Kier molecular flexibility index (Phi) is 9.60. The van der Waals surface area contributed by atoms with E-state index in [-0.39, 0.29) is 34.7 Å². The van der Waals surface area contributed by atoms with Gasteiger partial charge in [-0.3, -0.25) is 10.1 Å². The van der Waals surface area contributed by atoms with Crippen molar-refractivity contribution in [2.24, 2.45) is 0 Å². The van der Waals surface area contributed by atoms with E-state index in [4.69, 9.17) is 28.9 Å². The number of phenolic OH excluding ortho intramolecular Hbond substituents is 2. The lowest BCUT2D eigenvalue weighted by atomic mass is 10.2. The maximum Gasteiger partial charge on any atom is 0.311 e. The third kappa shape index (κ3) is 7.14. The Morgan fingerprint density at radius 1 is 0.733 bits per heavy atom. The van der Waals surface area contributed by atoms with Crippen LogP contribution in [0.5, 0.6) is 11.5 Å². The van der Waals surface area contributed by atoms with E-state index < -0.39 is 28.0 Å². The number of aromatic hydroxyl groups is 2. The van der Waals surface area contributed by atoms with Crippen LogP contribution in [0.1, 0.15) is 7.43 Å². The first-order chi connectivity index (χ1) is 21.0. The van der Waals surface area contributed by atoms with Crippen molar-refractivity contribution in [2.75, 3.05) is 16.4 Å². The molecule has 0 aliphatic rings. The minimum atomic E-state index is -0.708. The molecule has 230 valence electrons. The van der Waals surface area contributed by atoms with Gasteiger partial charge in [-0.15, -0.1) is 0 Å². The first-order valence-electron chi connectivity index (χ1n) is 12.3. The van der Waals surface area contributed by atoms with Crippen LogP contribution in [-0.2, 0) is 0 Å². The molecule has 45 heavy (non-hydrogen) atoms. The molecule has 0 saturated carbocycles. The van der Waals surface area contributed by atoms with Gasteiger partial charge < -0.3 is 26.6 Å². The van der Waals surface area contributed by atoms with E-state index in [1.54, 1.807) is 12.1 Å². The number of nitrogens with zero attached hydrogens (tertiary/aromatic N) is 5. The standard InChI is InChI=1S/C14H8ClFN4O3.C14H10ClFN4O.CH4/c15-9-3-7(1-2-10(9)16)19-14-8-4-12(20(22)23)13(21)5-11(8)17-6-18-14;15-9-3-7(1-2-10(9)16)20-14-8-4-11(17)13(21)5-12(8)18-6-19-14;/h1-6,21H,(H,17,18,19);1-6,21H,17H2,(H,18,19,20);1H4. The molecule has 0 fully saturated rings. The lowest BCUT2D eigenvalue weighted by Gasteiger charge is -2.10. The van der Waals surface area contributed by atoms with E-state index in [9.17, 15) is 29.1 Å². The molecule has 0 spiro atoms. The minimum Gasteiger partial charge on any atom is -0.506 e. The van der Waals surface area contributed by atoms with E-state index in [0.717, 1.165) is 6.07 Å². The summed E-state index contributed by atoms with van der Waals surface area (Å²) in [5.74, 6) is -0.849. The summed E-state index contributed by atoms with van der Waals surface area (Å²) in [6, 6.07) is 13.6. The van der Waals surface area contributed by atoms with Gasteiger partial charge in [-0.1, -0.05) is 30.6 Å². The number of nitrogens with one attached hydrogen (secondary N) is 2. The third-order valence-electron chi connectivity index (χ3n) is 6.08. The van der Waals surface area contributed by atoms with Crippen LogP contribution in [0.3, 0.4) is 0 Å². The lowest BCUT2D eigenvalue weighted by Crippen LogP contribution is -1.97. The lowest BCUT2D eigenvalue weighted by molar-refractivity contribution is -0.385. The number of anilines is 5. The molecule has 6 rings (SSSR count). The Morgan fingerprint density at radius 3 is 1.67 bits per heavy atom. The number of phenols is 2. The second kappa shape index (κ2) is 13.4. The van der Waals surface area contributed by atoms with Crippen LogP contribution >= 0.6 is 23.2 Å². The molecule has 0 radical (unpaired) electrons. The molecule has 6 N–H and O–H groups in total. The number of halogens is 4. The minimum absolute atomic E-state index is 0. The summed E-state index contributed by atoms with van der Waals surface area (Å²) >= 11 is 11.5. The van der Waals surface area contributed by atoms with Gasteiger partial charge in [-0.05, 0) is 42.5 Å². The molecule has 4 aromatic carbocycles. The van der Waals surface area contributed by atoms with Crippen LogP contribution < -0.4 is 16.4 Å². The molecule has 6 aromatic rings. The van der Waals surface area contributed by atoms with Gasteiger partial charge in [-0.25, -0.2) is 28.7 Å². The third-order valence-corrected chi connectivity index (χ3v) is 6.66. The predicted octanol–water partition coefficient (Wildman–Crippen LogP) is 7.87. The Labute approximate surface area is 263 Å². The van der Waals surface area contributed by atoms with Crippen molar-refractivity contribution in [3.05, 3.63) is 105 Å². The van der Waals surface area contributed by atoms with Gasteiger partial charge in [0.1, 0.15) is 41.7 Å². The van der Waals surface area contributed by atoms with Gasteiger partial charge in [0.25, 0.3) is 0 Å². The zero-order valence-electron chi connectivity index (χ0n) is 22.0. The summed E-state index contributed by atoms with van der Waals surface area (Å²) in [4.78, 5) is 26.4. The number of fused-ring (bicyclic) bond motifs is 2. The number of rotatable bonds is 5. The quantitative estimate of drug-likeness (QED) is 0.0527. The summed E-state index contributed by atoms with van der Waals surface area (Å²) in [6.07, 6.45) is 2.59. The fourth-order valence-corrected chi connectivity index (χ4v) is 4.32. The van der Waals surface area contributed by atoms with Crippen molar-refractivity contribution in [1.29, 1.82) is 0 Å². The molecular weight excluding hydrogens is 633 g/mol. The van der Waals surface area contributed by atoms with Crippen molar-refractivity contribution < 1.29 is 23.9 Å². The fourth-order valence-electron chi connectivity index (χ4n) is 3.96. The molecule has 0 unspecified atom stereocenters. The Balaban J connectivity index is 0.000000201. The van der Waals surface area contributed by atoms with Crippen molar-refractivity contribution in [1.82, 2.24) is 19.9 Å². The Bertz CT molecular complexity index is 2070. The van der Waals surface area contributed by atoms with Gasteiger partial charge in [-0.2, -0.15) is 0 Å². The van der Waals surface area contributed by atoms with Crippen LogP contribution in [0.4, 0.5) is 43.2 Å². The van der Waals surface area contributed by atoms with Gasteiger partial charge in [0.05, 0.1) is 37.1 Å². The molecule has 0 aliphatic heterocycles. The van der Waals surface area contributed by atoms with Gasteiger partial charge >= 0.3 is 5.69 Å². The topological polar surface area (TPSA) is 185 Å². The first kappa shape index (κ1) is 32.3. The molecule has 16 heteroatoms. The largest absolute Gasteiger partial charge is 0.506 e. The zero-order chi connectivity index (χ0) is 31.5. The van der Waals surface area contributed by atoms with E-state index in [2.05, 4.69) is 30.6 Å². The molecule has 2 aromatic heterocycles.